The Bertz CT molecular complexity index is 823. The number of amides is 1. The summed E-state index contributed by atoms with van der Waals surface area (Å²) in [6, 6.07) is 18.0. The average Bonchev–Trinajstić information content (AvgIpc) is 3.32. The number of nitrogens with one attached hydrogen (secondary N) is 1. The second-order valence-corrected chi connectivity index (χ2v) is 7.78. The van der Waals surface area contributed by atoms with E-state index >= 15 is 0 Å². The number of carbonyl (C=O) groups excluding carboxylic acids is 2. The molecule has 0 spiro atoms. The lowest BCUT2D eigenvalue weighted by Gasteiger charge is -2.03. The molecule has 0 aliphatic rings. The number of Topliss-reactive ketones (excluding diaryl/α,β-unsaturated/α-hetero) is 1. The molecular formula is C20H19NO2S2. The number of hydrogen-bond donors (Lipinski definition) is 1. The smallest absolute Gasteiger partial charge is 0.220 e. The monoisotopic (exact) mass is 369 g/mol. The van der Waals surface area contributed by atoms with Gasteiger partial charge < -0.3 is 5.32 Å². The predicted octanol–water partition coefficient (Wildman–Crippen LogP) is 5.15. The third kappa shape index (κ3) is 5.11. The molecule has 0 atom stereocenters. The van der Waals surface area contributed by atoms with Crippen LogP contribution in [0.1, 0.15) is 33.8 Å². The van der Waals surface area contributed by atoms with E-state index in [0.29, 0.717) is 25.8 Å². The van der Waals surface area contributed by atoms with E-state index in [0.717, 1.165) is 9.75 Å². The number of thiophene rings is 2. The molecule has 2 heterocycles. The third-order valence-corrected chi connectivity index (χ3v) is 5.83. The molecule has 1 amide bonds. The zero-order chi connectivity index (χ0) is 17.5. The summed E-state index contributed by atoms with van der Waals surface area (Å²) >= 11 is 3.14. The van der Waals surface area contributed by atoms with Crippen LogP contribution >= 0.6 is 22.7 Å². The lowest BCUT2D eigenvalue weighted by Crippen LogP contribution is -2.22. The molecule has 0 saturated carbocycles. The Morgan fingerprint density at radius 3 is 2.52 bits per heavy atom. The minimum atomic E-state index is -0.00589. The maximum atomic E-state index is 11.9. The zero-order valence-corrected chi connectivity index (χ0v) is 15.4. The summed E-state index contributed by atoms with van der Waals surface area (Å²) < 4.78 is 0. The van der Waals surface area contributed by atoms with Gasteiger partial charge in [0.1, 0.15) is 0 Å². The van der Waals surface area contributed by atoms with Crippen LogP contribution in [0.25, 0.3) is 10.4 Å². The van der Waals surface area contributed by atoms with Crippen LogP contribution in [0.4, 0.5) is 0 Å². The fourth-order valence-corrected chi connectivity index (χ4v) is 4.12. The van der Waals surface area contributed by atoms with E-state index in [4.69, 9.17) is 0 Å². The molecule has 25 heavy (non-hydrogen) atoms. The summed E-state index contributed by atoms with van der Waals surface area (Å²) in [4.78, 5) is 26.9. The molecule has 3 aromatic rings. The number of ketones is 1. The molecule has 0 saturated heterocycles. The van der Waals surface area contributed by atoms with Gasteiger partial charge in [-0.15, -0.1) is 22.7 Å². The van der Waals surface area contributed by atoms with Gasteiger partial charge in [0.2, 0.25) is 5.91 Å². The highest BCUT2D eigenvalue weighted by Crippen LogP contribution is 2.27. The molecule has 3 nitrogen and oxygen atoms in total. The summed E-state index contributed by atoms with van der Waals surface area (Å²) in [6.45, 7) is 0.537. The number of benzene rings is 1. The molecule has 0 bridgehead atoms. The summed E-state index contributed by atoms with van der Waals surface area (Å²) in [7, 11) is 0. The second-order valence-electron chi connectivity index (χ2n) is 5.66. The molecular weight excluding hydrogens is 350 g/mol. The van der Waals surface area contributed by atoms with Crippen molar-refractivity contribution in [2.75, 3.05) is 0 Å². The van der Waals surface area contributed by atoms with Gasteiger partial charge in [0, 0.05) is 22.6 Å². The van der Waals surface area contributed by atoms with E-state index in [2.05, 4.69) is 23.5 Å². The molecule has 0 unspecified atom stereocenters. The summed E-state index contributed by atoms with van der Waals surface area (Å²) in [5.74, 6) is 0.113. The lowest BCUT2D eigenvalue weighted by atomic mass is 10.1. The van der Waals surface area contributed by atoms with Gasteiger partial charge in [0.25, 0.3) is 0 Å². The van der Waals surface area contributed by atoms with Gasteiger partial charge in [0.15, 0.2) is 5.78 Å². The molecule has 5 heteroatoms. The highest BCUT2D eigenvalue weighted by molar-refractivity contribution is 7.15. The Balaban J connectivity index is 1.41. The SMILES string of the molecule is O=C(CCCC(=O)c1cccs1)NCc1ccc(-c2ccccc2)s1. The first-order valence-corrected chi connectivity index (χ1v) is 9.89. The Hall–Kier alpha value is -2.24. The van der Waals surface area contributed by atoms with Crippen LogP contribution in [0.5, 0.6) is 0 Å². The van der Waals surface area contributed by atoms with Crippen molar-refractivity contribution in [1.29, 1.82) is 0 Å². The normalized spacial score (nSPS) is 10.6. The van der Waals surface area contributed by atoms with E-state index in [9.17, 15) is 9.59 Å². The van der Waals surface area contributed by atoms with Crippen LogP contribution in [-0.4, -0.2) is 11.7 Å². The van der Waals surface area contributed by atoms with Crippen molar-refractivity contribution >= 4 is 34.4 Å². The lowest BCUT2D eigenvalue weighted by molar-refractivity contribution is -0.121. The van der Waals surface area contributed by atoms with Crippen molar-refractivity contribution < 1.29 is 9.59 Å². The minimum Gasteiger partial charge on any atom is -0.351 e. The Kier molecular flexibility index (Phi) is 6.14. The van der Waals surface area contributed by atoms with Gasteiger partial charge in [0.05, 0.1) is 11.4 Å². The van der Waals surface area contributed by atoms with E-state index in [-0.39, 0.29) is 11.7 Å². The Morgan fingerprint density at radius 2 is 1.76 bits per heavy atom. The Morgan fingerprint density at radius 1 is 0.920 bits per heavy atom. The topological polar surface area (TPSA) is 46.2 Å². The van der Waals surface area contributed by atoms with Crippen molar-refractivity contribution in [2.24, 2.45) is 0 Å². The second kappa shape index (κ2) is 8.74. The van der Waals surface area contributed by atoms with Crippen molar-refractivity contribution in [3.63, 3.8) is 0 Å². The first-order valence-electron chi connectivity index (χ1n) is 8.20. The molecule has 0 radical (unpaired) electrons. The quantitative estimate of drug-likeness (QED) is 0.558. The van der Waals surface area contributed by atoms with Gasteiger partial charge in [-0.3, -0.25) is 9.59 Å². The standard InChI is InChI=1S/C20H19NO2S2/c22-17(19-9-5-13-24-19)8-4-10-20(23)21-14-16-11-12-18(25-16)15-6-2-1-3-7-15/h1-3,5-7,9,11-13H,4,8,10,14H2,(H,21,23). The van der Waals surface area contributed by atoms with Gasteiger partial charge in [-0.05, 0) is 35.6 Å². The van der Waals surface area contributed by atoms with Gasteiger partial charge in [-0.25, -0.2) is 0 Å². The maximum absolute atomic E-state index is 11.9. The van der Waals surface area contributed by atoms with Crippen molar-refractivity contribution in [3.8, 4) is 10.4 Å². The zero-order valence-electron chi connectivity index (χ0n) is 13.7. The first-order chi connectivity index (χ1) is 12.2. The maximum Gasteiger partial charge on any atom is 0.220 e. The molecule has 1 N–H and O–H groups in total. The first kappa shape index (κ1) is 17.6. The van der Waals surface area contributed by atoms with Crippen LogP contribution in [0.2, 0.25) is 0 Å². The molecule has 2 aromatic heterocycles. The van der Waals surface area contributed by atoms with Crippen LogP contribution in [0, 0.1) is 0 Å². The van der Waals surface area contributed by atoms with Crippen molar-refractivity contribution in [1.82, 2.24) is 5.32 Å². The largest absolute Gasteiger partial charge is 0.351 e. The number of rotatable bonds is 8. The van der Waals surface area contributed by atoms with Crippen LogP contribution in [0.15, 0.2) is 60.0 Å². The van der Waals surface area contributed by atoms with Crippen LogP contribution in [-0.2, 0) is 11.3 Å². The van der Waals surface area contributed by atoms with E-state index in [1.54, 1.807) is 11.3 Å². The van der Waals surface area contributed by atoms with E-state index in [1.807, 2.05) is 41.8 Å². The fourth-order valence-electron chi connectivity index (χ4n) is 2.47. The van der Waals surface area contributed by atoms with Crippen molar-refractivity contribution in [3.05, 3.63) is 69.7 Å². The third-order valence-electron chi connectivity index (χ3n) is 3.78. The molecule has 0 aliphatic carbocycles. The molecule has 3 rings (SSSR count). The summed E-state index contributed by atoms with van der Waals surface area (Å²) in [5, 5.41) is 4.83. The molecule has 1 aromatic carbocycles. The average molecular weight is 370 g/mol. The van der Waals surface area contributed by atoms with E-state index in [1.165, 1.54) is 21.8 Å². The van der Waals surface area contributed by atoms with E-state index < -0.39 is 0 Å². The Labute approximate surface area is 155 Å². The summed E-state index contributed by atoms with van der Waals surface area (Å²) in [6.07, 6.45) is 1.39. The molecule has 128 valence electrons. The van der Waals surface area contributed by atoms with Crippen LogP contribution in [0.3, 0.4) is 0 Å². The van der Waals surface area contributed by atoms with Crippen LogP contribution < -0.4 is 5.32 Å². The fraction of sp³-hybridized carbons (Fsp3) is 0.200. The number of hydrogen-bond acceptors (Lipinski definition) is 4. The van der Waals surface area contributed by atoms with Gasteiger partial charge >= 0.3 is 0 Å². The summed E-state index contributed by atoms with van der Waals surface area (Å²) in [5.41, 5.74) is 1.19. The van der Waals surface area contributed by atoms with Crippen molar-refractivity contribution in [2.45, 2.75) is 25.8 Å². The number of carbonyl (C=O) groups is 2. The highest BCUT2D eigenvalue weighted by Gasteiger charge is 2.09. The minimum absolute atomic E-state index is 0.00589. The molecule has 0 aliphatic heterocycles. The molecule has 0 fully saturated rings. The predicted molar refractivity (Wildman–Crippen MR) is 104 cm³/mol. The van der Waals surface area contributed by atoms with Gasteiger partial charge in [-0.1, -0.05) is 36.4 Å². The highest BCUT2D eigenvalue weighted by atomic mass is 32.1. The van der Waals surface area contributed by atoms with Gasteiger partial charge in [-0.2, -0.15) is 0 Å².